The molecule has 3 aliphatic rings. The van der Waals surface area contributed by atoms with Crippen molar-refractivity contribution >= 4 is 6.29 Å². The normalized spacial score (nSPS) is 47.5. The highest BCUT2D eigenvalue weighted by Crippen LogP contribution is 2.47. The summed E-state index contributed by atoms with van der Waals surface area (Å²) < 4.78 is 28.4. The van der Waals surface area contributed by atoms with E-state index in [1.54, 1.807) is 27.7 Å². The van der Waals surface area contributed by atoms with E-state index in [1.807, 2.05) is 0 Å². The van der Waals surface area contributed by atoms with E-state index in [0.29, 0.717) is 6.29 Å². The lowest BCUT2D eigenvalue weighted by molar-refractivity contribution is -0.248. The van der Waals surface area contributed by atoms with Crippen LogP contribution >= 0.6 is 0 Å². The largest absolute Gasteiger partial charge is 0.384 e. The zero-order valence-electron chi connectivity index (χ0n) is 12.7. The second kappa shape index (κ2) is 4.71. The summed E-state index contributed by atoms with van der Waals surface area (Å²) in [4.78, 5) is 11.0. The standard InChI is InChI=1S/C14H22O7/c1-12(2)17-7-8(19-12)9-14(16,5-6-15)10-11(18-9)21-13(3,4)20-10/h6,8-11,16H,5,7H2,1-4H3/t8-,9-,10+,11-,14-/m1/s1. The van der Waals surface area contributed by atoms with Gasteiger partial charge in [-0.05, 0) is 27.7 Å². The first-order valence-electron chi connectivity index (χ1n) is 7.16. The van der Waals surface area contributed by atoms with Crippen LogP contribution in [0.15, 0.2) is 0 Å². The third-order valence-electron chi connectivity index (χ3n) is 4.10. The molecule has 0 aromatic rings. The molecular weight excluding hydrogens is 280 g/mol. The number of ether oxygens (including phenoxy) is 5. The van der Waals surface area contributed by atoms with Gasteiger partial charge in [0.05, 0.1) is 6.61 Å². The number of aldehydes is 1. The first-order valence-corrected chi connectivity index (χ1v) is 7.16. The minimum absolute atomic E-state index is 0.113. The molecule has 3 fully saturated rings. The summed E-state index contributed by atoms with van der Waals surface area (Å²) in [6.45, 7) is 7.34. The maximum atomic E-state index is 11.0. The van der Waals surface area contributed by atoms with E-state index in [9.17, 15) is 9.90 Å². The fraction of sp³-hybridized carbons (Fsp3) is 0.929. The molecule has 0 aromatic heterocycles. The van der Waals surface area contributed by atoms with E-state index in [-0.39, 0.29) is 13.0 Å². The van der Waals surface area contributed by atoms with Crippen LogP contribution in [-0.4, -0.2) is 59.8 Å². The summed E-state index contributed by atoms with van der Waals surface area (Å²) >= 11 is 0. The summed E-state index contributed by atoms with van der Waals surface area (Å²) in [5, 5.41) is 11.0. The molecule has 0 spiro atoms. The van der Waals surface area contributed by atoms with Crippen molar-refractivity contribution in [3.8, 4) is 0 Å². The van der Waals surface area contributed by atoms with Crippen molar-refractivity contribution < 1.29 is 33.6 Å². The predicted octanol–water partition coefficient (Wildman–Crippen LogP) is 0.334. The monoisotopic (exact) mass is 302 g/mol. The van der Waals surface area contributed by atoms with Gasteiger partial charge in [-0.1, -0.05) is 0 Å². The van der Waals surface area contributed by atoms with Gasteiger partial charge in [0, 0.05) is 6.42 Å². The lowest BCUT2D eigenvalue weighted by Gasteiger charge is -2.34. The zero-order valence-corrected chi connectivity index (χ0v) is 12.7. The average Bonchev–Trinajstić information content (AvgIpc) is 2.92. The van der Waals surface area contributed by atoms with Crippen molar-refractivity contribution in [1.29, 1.82) is 0 Å². The summed E-state index contributed by atoms with van der Waals surface area (Å²) in [7, 11) is 0. The molecule has 3 aliphatic heterocycles. The van der Waals surface area contributed by atoms with Crippen LogP contribution in [0.1, 0.15) is 34.1 Å². The molecule has 0 amide bonds. The summed E-state index contributed by atoms with van der Waals surface area (Å²) in [6.07, 6.45) is -2.12. The number of hydrogen-bond donors (Lipinski definition) is 1. The molecular formula is C14H22O7. The van der Waals surface area contributed by atoms with Crippen LogP contribution in [0.4, 0.5) is 0 Å². The predicted molar refractivity (Wildman–Crippen MR) is 69.2 cm³/mol. The van der Waals surface area contributed by atoms with Gasteiger partial charge in [0.2, 0.25) is 0 Å². The Hall–Kier alpha value is -0.570. The molecule has 120 valence electrons. The van der Waals surface area contributed by atoms with E-state index < -0.39 is 41.8 Å². The molecule has 7 heteroatoms. The Kier molecular flexibility index (Phi) is 3.44. The van der Waals surface area contributed by atoms with Gasteiger partial charge >= 0.3 is 0 Å². The van der Waals surface area contributed by atoms with Crippen LogP contribution in [0.2, 0.25) is 0 Å². The van der Waals surface area contributed by atoms with E-state index >= 15 is 0 Å². The molecule has 0 unspecified atom stereocenters. The number of rotatable bonds is 3. The Balaban J connectivity index is 1.84. The molecule has 7 nitrogen and oxygen atoms in total. The van der Waals surface area contributed by atoms with E-state index in [0.717, 1.165) is 0 Å². The smallest absolute Gasteiger partial charge is 0.190 e. The minimum atomic E-state index is -1.49. The van der Waals surface area contributed by atoms with Crippen molar-refractivity contribution in [3.63, 3.8) is 0 Å². The molecule has 1 N–H and O–H groups in total. The van der Waals surface area contributed by atoms with Gasteiger partial charge in [-0.2, -0.15) is 0 Å². The van der Waals surface area contributed by atoms with Gasteiger partial charge < -0.3 is 33.6 Å². The lowest BCUT2D eigenvalue weighted by Crippen LogP contribution is -2.54. The SMILES string of the molecule is CC1(C)OC[C@H]([C@H]2O[C@@H]3OC(C)(C)O[C@@H]3[C@@]2(O)CC=O)O1. The third-order valence-corrected chi connectivity index (χ3v) is 4.10. The average molecular weight is 302 g/mol. The Morgan fingerprint density at radius 3 is 2.38 bits per heavy atom. The maximum absolute atomic E-state index is 11.0. The first-order chi connectivity index (χ1) is 9.67. The molecule has 0 saturated carbocycles. The summed E-state index contributed by atoms with van der Waals surface area (Å²) in [5.74, 6) is -1.60. The van der Waals surface area contributed by atoms with Crippen molar-refractivity contribution in [2.45, 2.75) is 75.9 Å². The fourth-order valence-corrected chi connectivity index (χ4v) is 3.23. The van der Waals surface area contributed by atoms with Crippen LogP contribution in [-0.2, 0) is 28.5 Å². The molecule has 3 heterocycles. The molecule has 0 radical (unpaired) electrons. The highest BCUT2D eigenvalue weighted by atomic mass is 16.8. The second-order valence-electron chi connectivity index (χ2n) is 6.71. The Morgan fingerprint density at radius 1 is 1.10 bits per heavy atom. The summed E-state index contributed by atoms with van der Waals surface area (Å²) in [5.41, 5.74) is -1.49. The molecule has 0 bridgehead atoms. The Morgan fingerprint density at radius 2 is 1.81 bits per heavy atom. The number of fused-ring (bicyclic) bond motifs is 1. The summed E-state index contributed by atoms with van der Waals surface area (Å²) in [6, 6.07) is 0. The topological polar surface area (TPSA) is 83.5 Å². The second-order valence-corrected chi connectivity index (χ2v) is 6.71. The molecule has 5 atom stereocenters. The van der Waals surface area contributed by atoms with Gasteiger partial charge in [0.15, 0.2) is 17.9 Å². The van der Waals surface area contributed by atoms with Crippen molar-refractivity contribution in [1.82, 2.24) is 0 Å². The van der Waals surface area contributed by atoms with Gasteiger partial charge in [0.25, 0.3) is 0 Å². The van der Waals surface area contributed by atoms with Crippen molar-refractivity contribution in [2.75, 3.05) is 6.61 Å². The molecule has 21 heavy (non-hydrogen) atoms. The Labute approximate surface area is 123 Å². The first kappa shape index (κ1) is 15.3. The van der Waals surface area contributed by atoms with E-state index in [2.05, 4.69) is 0 Å². The van der Waals surface area contributed by atoms with E-state index in [4.69, 9.17) is 23.7 Å². The van der Waals surface area contributed by atoms with E-state index in [1.165, 1.54) is 0 Å². The number of aliphatic hydroxyl groups is 1. The number of hydrogen-bond acceptors (Lipinski definition) is 7. The highest BCUT2D eigenvalue weighted by Gasteiger charge is 2.65. The molecule has 0 aromatic carbocycles. The minimum Gasteiger partial charge on any atom is -0.384 e. The Bertz CT molecular complexity index is 435. The van der Waals surface area contributed by atoms with Gasteiger partial charge in [-0.15, -0.1) is 0 Å². The fourth-order valence-electron chi connectivity index (χ4n) is 3.23. The lowest BCUT2D eigenvalue weighted by atomic mass is 9.86. The van der Waals surface area contributed by atoms with Crippen molar-refractivity contribution in [3.05, 3.63) is 0 Å². The quantitative estimate of drug-likeness (QED) is 0.752. The van der Waals surface area contributed by atoms with Crippen LogP contribution in [0.5, 0.6) is 0 Å². The molecule has 3 rings (SSSR count). The zero-order chi connectivity index (χ0) is 15.5. The van der Waals surface area contributed by atoms with Gasteiger partial charge in [-0.3, -0.25) is 0 Å². The molecule has 0 aliphatic carbocycles. The third kappa shape index (κ3) is 2.52. The van der Waals surface area contributed by atoms with Crippen LogP contribution in [0, 0.1) is 0 Å². The molecule has 3 saturated heterocycles. The van der Waals surface area contributed by atoms with Crippen LogP contribution < -0.4 is 0 Å². The van der Waals surface area contributed by atoms with Crippen molar-refractivity contribution in [2.24, 2.45) is 0 Å². The van der Waals surface area contributed by atoms with Gasteiger partial charge in [-0.25, -0.2) is 0 Å². The van der Waals surface area contributed by atoms with Gasteiger partial charge in [0.1, 0.15) is 30.2 Å². The van der Waals surface area contributed by atoms with Crippen LogP contribution in [0.25, 0.3) is 0 Å². The number of carbonyl (C=O) groups is 1. The number of carbonyl (C=O) groups excluding carboxylic acids is 1. The van der Waals surface area contributed by atoms with Crippen LogP contribution in [0.3, 0.4) is 0 Å². The maximum Gasteiger partial charge on any atom is 0.190 e. The highest BCUT2D eigenvalue weighted by molar-refractivity contribution is 5.52.